The second kappa shape index (κ2) is 6.70. The number of ether oxygens (including phenoxy) is 2. The van der Waals surface area contributed by atoms with Crippen molar-refractivity contribution in [3.63, 3.8) is 0 Å². The van der Waals surface area contributed by atoms with Crippen LogP contribution in [-0.4, -0.2) is 37.5 Å². The molecule has 2 bridgehead atoms. The average molecular weight is 369 g/mol. The highest BCUT2D eigenvalue weighted by Gasteiger charge is 2.63. The van der Waals surface area contributed by atoms with Gasteiger partial charge in [0, 0.05) is 6.54 Å². The van der Waals surface area contributed by atoms with Crippen molar-refractivity contribution in [2.75, 3.05) is 20.8 Å². The van der Waals surface area contributed by atoms with Crippen molar-refractivity contribution in [2.24, 2.45) is 23.7 Å². The molecule has 0 aromatic heterocycles. The number of hydrogen-bond acceptors (Lipinski definition) is 4. The second-order valence-electron chi connectivity index (χ2n) is 8.06. The van der Waals surface area contributed by atoms with Gasteiger partial charge in [0.25, 0.3) is 0 Å². The summed E-state index contributed by atoms with van der Waals surface area (Å²) in [6.45, 7) is 4.67. The van der Waals surface area contributed by atoms with E-state index in [4.69, 9.17) is 9.47 Å². The number of allylic oxidation sites excluding steroid dienone is 2. The molecular weight excluding hydrogens is 342 g/mol. The fraction of sp³-hybridized carbons (Fsp3) is 0.545. The van der Waals surface area contributed by atoms with Crippen LogP contribution in [0.25, 0.3) is 0 Å². The van der Waals surface area contributed by atoms with E-state index >= 15 is 0 Å². The molecule has 2 aliphatic carbocycles. The van der Waals surface area contributed by atoms with Gasteiger partial charge in [0.2, 0.25) is 11.8 Å². The number of amides is 2. The molecule has 0 spiro atoms. The number of methoxy groups -OCH3 is 2. The molecule has 0 radical (unpaired) electrons. The van der Waals surface area contributed by atoms with Gasteiger partial charge in [-0.1, -0.05) is 17.2 Å². The predicted molar refractivity (Wildman–Crippen MR) is 102 cm³/mol. The minimum absolute atomic E-state index is 0.0384. The largest absolute Gasteiger partial charge is 0.493 e. The van der Waals surface area contributed by atoms with Gasteiger partial charge in [-0.15, -0.1) is 0 Å². The van der Waals surface area contributed by atoms with Crippen molar-refractivity contribution in [2.45, 2.75) is 33.1 Å². The van der Waals surface area contributed by atoms with E-state index in [1.165, 1.54) is 16.0 Å². The summed E-state index contributed by atoms with van der Waals surface area (Å²) in [6, 6.07) is 5.73. The monoisotopic (exact) mass is 369 g/mol. The summed E-state index contributed by atoms with van der Waals surface area (Å²) in [5, 5.41) is 0. The molecule has 2 saturated carbocycles. The Morgan fingerprint density at radius 3 is 2.11 bits per heavy atom. The van der Waals surface area contributed by atoms with Crippen molar-refractivity contribution in [3.05, 3.63) is 34.9 Å². The summed E-state index contributed by atoms with van der Waals surface area (Å²) >= 11 is 0. The van der Waals surface area contributed by atoms with Crippen molar-refractivity contribution in [1.29, 1.82) is 0 Å². The van der Waals surface area contributed by atoms with Gasteiger partial charge >= 0.3 is 0 Å². The van der Waals surface area contributed by atoms with Crippen LogP contribution in [0.4, 0.5) is 0 Å². The third kappa shape index (κ3) is 2.67. The Hall–Kier alpha value is -2.30. The molecule has 2 amide bonds. The molecule has 1 saturated heterocycles. The molecule has 1 aromatic rings. The van der Waals surface area contributed by atoms with Crippen molar-refractivity contribution < 1.29 is 19.1 Å². The maximum Gasteiger partial charge on any atom is 0.233 e. The summed E-state index contributed by atoms with van der Waals surface area (Å²) in [5.74, 6) is 1.75. The molecule has 3 fully saturated rings. The summed E-state index contributed by atoms with van der Waals surface area (Å²) in [4.78, 5) is 27.6. The molecule has 1 aliphatic heterocycles. The summed E-state index contributed by atoms with van der Waals surface area (Å²) in [7, 11) is 3.21. The molecule has 5 nitrogen and oxygen atoms in total. The van der Waals surface area contributed by atoms with Gasteiger partial charge in [-0.3, -0.25) is 14.5 Å². The summed E-state index contributed by atoms with van der Waals surface area (Å²) in [5.41, 5.74) is 3.72. The molecule has 4 atom stereocenters. The molecule has 27 heavy (non-hydrogen) atoms. The zero-order chi connectivity index (χ0) is 19.3. The highest BCUT2D eigenvalue weighted by atomic mass is 16.5. The Morgan fingerprint density at radius 2 is 1.59 bits per heavy atom. The van der Waals surface area contributed by atoms with E-state index in [0.29, 0.717) is 24.5 Å². The van der Waals surface area contributed by atoms with Crippen LogP contribution in [0.1, 0.15) is 32.3 Å². The van der Waals surface area contributed by atoms with E-state index in [1.807, 2.05) is 18.2 Å². The van der Waals surface area contributed by atoms with E-state index in [2.05, 4.69) is 13.8 Å². The molecular formula is C22H27NO4. The van der Waals surface area contributed by atoms with Crippen molar-refractivity contribution in [3.8, 4) is 11.5 Å². The Labute approximate surface area is 160 Å². The number of hydrogen-bond donors (Lipinski definition) is 0. The lowest BCUT2D eigenvalue weighted by atomic mass is 9.81. The normalized spacial score (nSPS) is 28.7. The van der Waals surface area contributed by atoms with Crippen LogP contribution >= 0.6 is 0 Å². The maximum absolute atomic E-state index is 13.0. The lowest BCUT2D eigenvalue weighted by Gasteiger charge is -2.19. The minimum atomic E-state index is -0.119. The molecule has 1 aromatic carbocycles. The number of nitrogens with zero attached hydrogens (tertiary/aromatic N) is 1. The highest BCUT2D eigenvalue weighted by Crippen LogP contribution is 2.60. The molecule has 144 valence electrons. The molecule has 3 aliphatic rings. The van der Waals surface area contributed by atoms with E-state index < -0.39 is 0 Å². The third-order valence-electron chi connectivity index (χ3n) is 6.59. The Bertz CT molecular complexity index is 792. The van der Waals surface area contributed by atoms with Crippen LogP contribution in [-0.2, 0) is 16.0 Å². The summed E-state index contributed by atoms with van der Waals surface area (Å²) in [6.07, 6.45) is 2.73. The molecule has 0 N–H and O–H groups in total. The van der Waals surface area contributed by atoms with Crippen LogP contribution in [0.3, 0.4) is 0 Å². The standard InChI is InChI=1S/C22H27NO4/c1-12(2)18-14-6-7-15(18)20-19(14)21(24)23(22(20)25)10-9-13-5-8-16(26-3)17(11-13)27-4/h5,8,11,14-15,19-20H,6-7,9-10H2,1-4H3/t14-,15+,19-,20-/m0/s1. The minimum Gasteiger partial charge on any atom is -0.493 e. The maximum atomic E-state index is 13.0. The Balaban J connectivity index is 1.50. The quantitative estimate of drug-likeness (QED) is 0.591. The third-order valence-corrected chi connectivity index (χ3v) is 6.59. The number of fused-ring (bicyclic) bond motifs is 5. The molecule has 5 heteroatoms. The van der Waals surface area contributed by atoms with Gasteiger partial charge in [-0.05, 0) is 62.6 Å². The lowest BCUT2D eigenvalue weighted by Crippen LogP contribution is -2.35. The smallest absolute Gasteiger partial charge is 0.233 e. The number of rotatable bonds is 5. The number of likely N-dealkylation sites (tertiary alicyclic amines) is 1. The van der Waals surface area contributed by atoms with Crippen LogP contribution in [0.15, 0.2) is 29.3 Å². The number of benzene rings is 1. The van der Waals surface area contributed by atoms with E-state index in [0.717, 1.165) is 18.4 Å². The van der Waals surface area contributed by atoms with E-state index in [1.54, 1.807) is 14.2 Å². The zero-order valence-electron chi connectivity index (χ0n) is 16.5. The molecule has 1 heterocycles. The van der Waals surface area contributed by atoms with Crippen LogP contribution < -0.4 is 9.47 Å². The van der Waals surface area contributed by atoms with E-state index in [-0.39, 0.29) is 35.5 Å². The zero-order valence-corrected chi connectivity index (χ0v) is 16.5. The second-order valence-corrected chi connectivity index (χ2v) is 8.06. The fourth-order valence-electron chi connectivity index (χ4n) is 5.55. The van der Waals surface area contributed by atoms with Crippen LogP contribution in [0, 0.1) is 23.7 Å². The lowest BCUT2D eigenvalue weighted by molar-refractivity contribution is -0.140. The highest BCUT2D eigenvalue weighted by molar-refractivity contribution is 6.06. The molecule has 0 unspecified atom stereocenters. The first-order valence-corrected chi connectivity index (χ1v) is 9.71. The van der Waals surface area contributed by atoms with Gasteiger partial charge in [-0.2, -0.15) is 0 Å². The fourth-order valence-corrected chi connectivity index (χ4v) is 5.55. The topological polar surface area (TPSA) is 55.8 Å². The Kier molecular flexibility index (Phi) is 4.49. The van der Waals surface area contributed by atoms with Gasteiger partial charge in [-0.25, -0.2) is 0 Å². The van der Waals surface area contributed by atoms with Gasteiger partial charge in [0.15, 0.2) is 11.5 Å². The first kappa shape index (κ1) is 18.1. The van der Waals surface area contributed by atoms with Gasteiger partial charge < -0.3 is 9.47 Å². The van der Waals surface area contributed by atoms with Crippen molar-refractivity contribution in [1.82, 2.24) is 4.90 Å². The number of imide groups is 1. The van der Waals surface area contributed by atoms with Gasteiger partial charge in [0.05, 0.1) is 26.1 Å². The Morgan fingerprint density at radius 1 is 1.00 bits per heavy atom. The van der Waals surface area contributed by atoms with Crippen LogP contribution in [0.5, 0.6) is 11.5 Å². The van der Waals surface area contributed by atoms with E-state index in [9.17, 15) is 9.59 Å². The molecule has 4 rings (SSSR count). The average Bonchev–Trinajstić information content (AvgIpc) is 3.30. The SMILES string of the molecule is COc1ccc(CCN2C(=O)[C@@H]3[C@@H](C2=O)[C@H]2CC[C@@H]3C2=C(C)C)cc1OC. The number of carbonyl (C=O) groups is 2. The first-order chi connectivity index (χ1) is 13.0. The first-order valence-electron chi connectivity index (χ1n) is 9.71. The summed E-state index contributed by atoms with van der Waals surface area (Å²) < 4.78 is 10.6. The number of carbonyl (C=O) groups excluding carboxylic acids is 2. The van der Waals surface area contributed by atoms with Crippen molar-refractivity contribution >= 4 is 11.8 Å². The predicted octanol–water partition coefficient (Wildman–Crippen LogP) is 3.22. The van der Waals surface area contributed by atoms with Gasteiger partial charge in [0.1, 0.15) is 0 Å². The van der Waals surface area contributed by atoms with Crippen LogP contribution in [0.2, 0.25) is 0 Å².